The van der Waals surface area contributed by atoms with Crippen molar-refractivity contribution < 1.29 is 21.7 Å². The van der Waals surface area contributed by atoms with E-state index in [1.165, 1.54) is 0 Å². The average molecular weight is 200 g/mol. The Kier molecular flexibility index (Phi) is 81.8. The average Bonchev–Trinajstić information content (AvgIpc) is 2.71. The van der Waals surface area contributed by atoms with Gasteiger partial charge in [0.1, 0.15) is 0 Å². The molecule has 0 aromatic rings. The monoisotopic (exact) mass is 200 g/mol. The van der Waals surface area contributed by atoms with Crippen molar-refractivity contribution >= 4 is 0 Å². The zero-order valence-electron chi connectivity index (χ0n) is 8.56. The van der Waals surface area contributed by atoms with Crippen LogP contribution in [0.2, 0.25) is 0 Å². The van der Waals surface area contributed by atoms with Gasteiger partial charge in [-0.2, -0.15) is 26.8 Å². The Morgan fingerprint density at radius 3 is 1.50 bits per heavy atom. The molecule has 0 bridgehead atoms. The van der Waals surface area contributed by atoms with E-state index >= 15 is 0 Å². The Morgan fingerprint density at radius 1 is 1.00 bits per heavy atom. The van der Waals surface area contributed by atoms with Crippen molar-refractivity contribution in [2.24, 2.45) is 0 Å². The van der Waals surface area contributed by atoms with E-state index in [0.29, 0.717) is 0 Å². The second-order valence-electron chi connectivity index (χ2n) is 1.00. The Bertz CT molecular complexity index is 63.1. The molecule has 1 aliphatic carbocycles. The predicted molar refractivity (Wildman–Crippen MR) is 54.7 cm³/mol. The maximum atomic E-state index is 3.25. The molecule has 0 aromatic heterocycles. The molecule has 0 heterocycles. The maximum absolute atomic E-state index is 3.25. The predicted octanol–water partition coefficient (Wildman–Crippen LogP) is 3.82. The third kappa shape index (κ3) is 31.9. The molecular formula is C11H20Ti. The molecule has 1 heteroatoms. The molecule has 1 rings (SSSR count). The van der Waals surface area contributed by atoms with Gasteiger partial charge in [-0.15, -0.1) is 6.42 Å². The second kappa shape index (κ2) is 43.1. The minimum atomic E-state index is 0. The molecule has 68 valence electrons. The molecule has 0 nitrogen and oxygen atoms in total. The van der Waals surface area contributed by atoms with E-state index in [2.05, 4.69) is 32.9 Å². The summed E-state index contributed by atoms with van der Waals surface area (Å²) in [4.78, 5) is 0. The van der Waals surface area contributed by atoms with Crippen LogP contribution in [0.4, 0.5) is 0 Å². The van der Waals surface area contributed by atoms with Gasteiger partial charge >= 0.3 is 21.7 Å². The number of allylic oxidation sites excluding steroid dienone is 4. The molecule has 0 radical (unpaired) electrons. The van der Waals surface area contributed by atoms with E-state index in [1.54, 1.807) is 20.8 Å². The summed E-state index contributed by atoms with van der Waals surface area (Å²) in [5.41, 5.74) is 0. The molecule has 0 saturated heterocycles. The number of hydrogen-bond donors (Lipinski definition) is 0. The van der Waals surface area contributed by atoms with Crippen LogP contribution in [0.15, 0.2) is 18.2 Å². The largest absolute Gasteiger partial charge is 4.00 e. The zero-order chi connectivity index (χ0) is 9.54. The Morgan fingerprint density at radius 2 is 1.42 bits per heavy atom. The first kappa shape index (κ1) is 22.8. The molecule has 1 aliphatic rings. The van der Waals surface area contributed by atoms with Crippen LogP contribution in [-0.4, -0.2) is 0 Å². The van der Waals surface area contributed by atoms with Crippen LogP contribution in [0.25, 0.3) is 0 Å². The molecule has 12 heavy (non-hydrogen) atoms. The maximum Gasteiger partial charge on any atom is 4.00 e. The number of hydrogen-bond acceptors (Lipinski definition) is 0. The van der Waals surface area contributed by atoms with Gasteiger partial charge in [0.15, 0.2) is 0 Å². The Labute approximate surface area is 94.0 Å². The van der Waals surface area contributed by atoms with Crippen LogP contribution in [0.3, 0.4) is 0 Å². The van der Waals surface area contributed by atoms with Crippen LogP contribution in [0.5, 0.6) is 0 Å². The quantitative estimate of drug-likeness (QED) is 0.412. The van der Waals surface area contributed by atoms with Gasteiger partial charge in [-0.25, -0.2) is 12.2 Å². The SMILES string of the molecule is [C-]1=CC=CC1.[CH2-]C.[CH2-]C.[CH2-]C.[Ti+4]. The molecule has 0 aliphatic heterocycles. The van der Waals surface area contributed by atoms with Crippen molar-refractivity contribution in [3.05, 3.63) is 45.1 Å². The van der Waals surface area contributed by atoms with E-state index in [9.17, 15) is 0 Å². The molecule has 0 fully saturated rings. The third-order valence-corrected chi connectivity index (χ3v) is 0.586. The molecular weight excluding hydrogens is 180 g/mol. The van der Waals surface area contributed by atoms with E-state index in [4.69, 9.17) is 0 Å². The summed E-state index contributed by atoms with van der Waals surface area (Å²) in [5, 5.41) is 0. The van der Waals surface area contributed by atoms with E-state index in [0.717, 1.165) is 6.42 Å². The summed E-state index contributed by atoms with van der Waals surface area (Å²) in [7, 11) is 0. The Balaban J connectivity index is -0.0000000406. The van der Waals surface area contributed by atoms with Gasteiger partial charge in [-0.05, 0) is 0 Å². The van der Waals surface area contributed by atoms with Gasteiger partial charge in [-0.3, -0.25) is 6.08 Å². The molecule has 0 spiro atoms. The van der Waals surface area contributed by atoms with E-state index in [-0.39, 0.29) is 21.7 Å². The molecule has 0 atom stereocenters. The molecule has 0 saturated carbocycles. The summed E-state index contributed by atoms with van der Waals surface area (Å²) >= 11 is 0. The van der Waals surface area contributed by atoms with Gasteiger partial charge in [0.25, 0.3) is 0 Å². The van der Waals surface area contributed by atoms with Gasteiger partial charge in [0, 0.05) is 0 Å². The van der Waals surface area contributed by atoms with Crippen molar-refractivity contribution in [2.75, 3.05) is 0 Å². The van der Waals surface area contributed by atoms with Crippen LogP contribution < -0.4 is 0 Å². The van der Waals surface area contributed by atoms with Crippen molar-refractivity contribution in [3.8, 4) is 0 Å². The van der Waals surface area contributed by atoms with Gasteiger partial charge < -0.3 is 20.8 Å². The van der Waals surface area contributed by atoms with Crippen LogP contribution in [0, 0.1) is 26.8 Å². The first-order valence-electron chi connectivity index (χ1n) is 3.84. The second-order valence-corrected chi connectivity index (χ2v) is 1.00. The van der Waals surface area contributed by atoms with Crippen LogP contribution in [-0.2, 0) is 21.7 Å². The van der Waals surface area contributed by atoms with Gasteiger partial charge in [0.05, 0.1) is 0 Å². The molecule has 0 N–H and O–H groups in total. The minimum absolute atomic E-state index is 0. The molecule has 0 amide bonds. The van der Waals surface area contributed by atoms with E-state index in [1.807, 2.05) is 12.2 Å². The van der Waals surface area contributed by atoms with Crippen LogP contribution >= 0.6 is 0 Å². The molecule has 0 aromatic carbocycles. The standard InChI is InChI=1S/C5H5.3C2H5.Ti/c1-2-4-5-3-1;3*1-2;/h1-3H,4H2;3*1H2,2H3;/q4*-1;+4. The van der Waals surface area contributed by atoms with E-state index < -0.39 is 0 Å². The number of rotatable bonds is 0. The zero-order valence-corrected chi connectivity index (χ0v) is 10.1. The van der Waals surface area contributed by atoms with Crippen molar-refractivity contribution in [1.82, 2.24) is 0 Å². The fourth-order valence-corrected chi connectivity index (χ4v) is 0.340. The van der Waals surface area contributed by atoms with Gasteiger partial charge in [0.2, 0.25) is 0 Å². The van der Waals surface area contributed by atoms with Crippen LogP contribution in [0.1, 0.15) is 27.2 Å². The normalized spacial score (nSPS) is 8.83. The summed E-state index contributed by atoms with van der Waals surface area (Å²) in [5.74, 6) is 0. The summed E-state index contributed by atoms with van der Waals surface area (Å²) < 4.78 is 0. The summed E-state index contributed by atoms with van der Waals surface area (Å²) in [6.07, 6.45) is 10.0. The molecule has 0 unspecified atom stereocenters. The van der Waals surface area contributed by atoms with Crippen molar-refractivity contribution in [1.29, 1.82) is 0 Å². The smallest absolute Gasteiger partial charge is 0.346 e. The fraction of sp³-hybridized carbons (Fsp3) is 0.364. The Hall–Kier alpha value is 0.194. The first-order valence-corrected chi connectivity index (χ1v) is 3.84. The third-order valence-electron chi connectivity index (χ3n) is 0.586. The van der Waals surface area contributed by atoms with Gasteiger partial charge in [-0.1, -0.05) is 0 Å². The van der Waals surface area contributed by atoms with Crippen molar-refractivity contribution in [3.63, 3.8) is 0 Å². The topological polar surface area (TPSA) is 0 Å². The first-order chi connectivity index (χ1) is 5.50. The summed E-state index contributed by atoms with van der Waals surface area (Å²) in [6.45, 7) is 15.0. The fourth-order valence-electron chi connectivity index (χ4n) is 0.340. The minimum Gasteiger partial charge on any atom is -0.346 e. The van der Waals surface area contributed by atoms with Crippen molar-refractivity contribution in [2.45, 2.75) is 27.2 Å². The summed E-state index contributed by atoms with van der Waals surface area (Å²) in [6, 6.07) is 0.